The quantitative estimate of drug-likeness (QED) is 0.773. The van der Waals surface area contributed by atoms with Crippen molar-refractivity contribution >= 4 is 11.8 Å². The Morgan fingerprint density at radius 2 is 2.14 bits per heavy atom. The number of aromatic nitrogens is 3. The lowest BCUT2D eigenvalue weighted by molar-refractivity contribution is 0.311. The number of rotatable bonds is 3. The minimum atomic E-state index is -0.0190. The maximum Gasteiger partial charge on any atom is 0.0954 e. The van der Waals surface area contributed by atoms with Gasteiger partial charge < -0.3 is 0 Å². The van der Waals surface area contributed by atoms with Crippen molar-refractivity contribution in [1.82, 2.24) is 15.0 Å². The van der Waals surface area contributed by atoms with Crippen LogP contribution in [0.15, 0.2) is 6.20 Å². The molecular formula is C10H19N3S. The third kappa shape index (κ3) is 2.74. The van der Waals surface area contributed by atoms with Gasteiger partial charge in [0.25, 0.3) is 0 Å². The van der Waals surface area contributed by atoms with E-state index in [1.807, 2.05) is 18.0 Å². The molecule has 0 aliphatic heterocycles. The van der Waals surface area contributed by atoms with E-state index in [9.17, 15) is 0 Å². The van der Waals surface area contributed by atoms with Crippen LogP contribution in [0, 0.1) is 0 Å². The second-order valence-corrected chi connectivity index (χ2v) is 5.95. The monoisotopic (exact) mass is 213 g/mol. The SMILES string of the molecule is CCSC(C)c1cnn(C(C)(C)C)n1. The number of nitrogens with zero attached hydrogens (tertiary/aromatic N) is 3. The van der Waals surface area contributed by atoms with E-state index in [1.165, 1.54) is 0 Å². The van der Waals surface area contributed by atoms with Gasteiger partial charge in [0, 0.05) is 5.25 Å². The average molecular weight is 213 g/mol. The molecule has 1 atom stereocenters. The normalized spacial score (nSPS) is 14.4. The molecule has 0 N–H and O–H groups in total. The fraction of sp³-hybridized carbons (Fsp3) is 0.800. The molecule has 0 amide bonds. The van der Waals surface area contributed by atoms with Gasteiger partial charge >= 0.3 is 0 Å². The van der Waals surface area contributed by atoms with Crippen LogP contribution in [0.1, 0.15) is 45.6 Å². The van der Waals surface area contributed by atoms with Gasteiger partial charge in [-0.25, -0.2) is 0 Å². The Kier molecular flexibility index (Phi) is 3.59. The molecule has 0 aromatic carbocycles. The van der Waals surface area contributed by atoms with Gasteiger partial charge in [0.05, 0.1) is 17.4 Å². The molecule has 0 saturated heterocycles. The summed E-state index contributed by atoms with van der Waals surface area (Å²) in [5, 5.41) is 9.21. The van der Waals surface area contributed by atoms with Gasteiger partial charge in [-0.2, -0.15) is 26.8 Å². The zero-order valence-electron chi connectivity index (χ0n) is 9.61. The summed E-state index contributed by atoms with van der Waals surface area (Å²) in [6.45, 7) is 10.7. The summed E-state index contributed by atoms with van der Waals surface area (Å²) in [4.78, 5) is 1.79. The van der Waals surface area contributed by atoms with Crippen LogP contribution in [-0.4, -0.2) is 20.7 Å². The standard InChI is InChI=1S/C10H19N3S/c1-6-14-8(2)9-7-11-13(12-9)10(3,4)5/h7-8H,6H2,1-5H3. The summed E-state index contributed by atoms with van der Waals surface area (Å²) in [6.07, 6.45) is 1.87. The van der Waals surface area contributed by atoms with Crippen LogP contribution in [0.5, 0.6) is 0 Å². The first kappa shape index (κ1) is 11.6. The number of thioether (sulfide) groups is 1. The average Bonchev–Trinajstić information content (AvgIpc) is 2.51. The van der Waals surface area contributed by atoms with Crippen molar-refractivity contribution in [2.45, 2.75) is 45.4 Å². The van der Waals surface area contributed by atoms with E-state index in [2.05, 4.69) is 44.8 Å². The molecule has 0 aliphatic carbocycles. The second kappa shape index (κ2) is 4.34. The Morgan fingerprint density at radius 1 is 1.50 bits per heavy atom. The highest BCUT2D eigenvalue weighted by molar-refractivity contribution is 7.99. The first-order valence-electron chi connectivity index (χ1n) is 4.99. The molecule has 1 heterocycles. The van der Waals surface area contributed by atoms with E-state index in [0.29, 0.717) is 5.25 Å². The molecule has 0 aliphatic rings. The van der Waals surface area contributed by atoms with E-state index < -0.39 is 0 Å². The molecule has 0 spiro atoms. The minimum Gasteiger partial charge on any atom is -0.179 e. The van der Waals surface area contributed by atoms with Crippen LogP contribution >= 0.6 is 11.8 Å². The Bertz CT molecular complexity index is 288. The third-order valence-electron chi connectivity index (χ3n) is 1.94. The summed E-state index contributed by atoms with van der Waals surface area (Å²) < 4.78 is 0. The van der Waals surface area contributed by atoms with Gasteiger partial charge in [-0.1, -0.05) is 6.92 Å². The van der Waals surface area contributed by atoms with Gasteiger partial charge in [-0.3, -0.25) is 0 Å². The first-order valence-corrected chi connectivity index (χ1v) is 6.04. The van der Waals surface area contributed by atoms with Gasteiger partial charge in [0.1, 0.15) is 0 Å². The molecule has 0 bridgehead atoms. The molecule has 1 aromatic rings. The fourth-order valence-corrected chi connectivity index (χ4v) is 1.90. The Hall–Kier alpha value is -0.510. The lowest BCUT2D eigenvalue weighted by Gasteiger charge is -2.16. The van der Waals surface area contributed by atoms with Crippen molar-refractivity contribution in [3.63, 3.8) is 0 Å². The van der Waals surface area contributed by atoms with Gasteiger partial charge in [-0.05, 0) is 33.4 Å². The summed E-state index contributed by atoms with van der Waals surface area (Å²) in [5.74, 6) is 1.11. The van der Waals surface area contributed by atoms with Crippen molar-refractivity contribution in [2.75, 3.05) is 5.75 Å². The van der Waals surface area contributed by atoms with Crippen LogP contribution < -0.4 is 0 Å². The van der Waals surface area contributed by atoms with Crippen molar-refractivity contribution in [3.05, 3.63) is 11.9 Å². The largest absolute Gasteiger partial charge is 0.179 e. The molecule has 0 saturated carbocycles. The van der Waals surface area contributed by atoms with Crippen molar-refractivity contribution in [2.24, 2.45) is 0 Å². The van der Waals surface area contributed by atoms with Crippen LogP contribution in [0.3, 0.4) is 0 Å². The molecule has 0 radical (unpaired) electrons. The number of hydrogen-bond acceptors (Lipinski definition) is 3. The molecule has 1 rings (SSSR count). The van der Waals surface area contributed by atoms with Crippen LogP contribution in [0.25, 0.3) is 0 Å². The lowest BCUT2D eigenvalue weighted by Crippen LogP contribution is -2.24. The van der Waals surface area contributed by atoms with Crippen molar-refractivity contribution < 1.29 is 0 Å². The van der Waals surface area contributed by atoms with Crippen LogP contribution in [0.2, 0.25) is 0 Å². The summed E-state index contributed by atoms with van der Waals surface area (Å²) in [6, 6.07) is 0. The predicted octanol–water partition coefficient (Wildman–Crippen LogP) is 2.85. The highest BCUT2D eigenvalue weighted by Crippen LogP contribution is 2.26. The second-order valence-electron chi connectivity index (χ2n) is 4.33. The summed E-state index contributed by atoms with van der Waals surface area (Å²) in [7, 11) is 0. The smallest absolute Gasteiger partial charge is 0.0954 e. The molecule has 14 heavy (non-hydrogen) atoms. The zero-order chi connectivity index (χ0) is 10.8. The third-order valence-corrected chi connectivity index (χ3v) is 3.02. The topological polar surface area (TPSA) is 30.7 Å². The van der Waals surface area contributed by atoms with E-state index in [1.54, 1.807) is 4.80 Å². The van der Waals surface area contributed by atoms with Gasteiger partial charge in [-0.15, -0.1) is 0 Å². The van der Waals surface area contributed by atoms with E-state index in [0.717, 1.165) is 11.4 Å². The van der Waals surface area contributed by atoms with E-state index in [4.69, 9.17) is 0 Å². The lowest BCUT2D eigenvalue weighted by atomic mass is 10.1. The number of hydrogen-bond donors (Lipinski definition) is 0. The highest BCUT2D eigenvalue weighted by Gasteiger charge is 2.17. The molecule has 4 heteroatoms. The van der Waals surface area contributed by atoms with Crippen LogP contribution in [-0.2, 0) is 5.54 Å². The molecule has 3 nitrogen and oxygen atoms in total. The minimum absolute atomic E-state index is 0.0190. The maximum atomic E-state index is 4.48. The molecular weight excluding hydrogens is 194 g/mol. The van der Waals surface area contributed by atoms with Gasteiger partial charge in [0.2, 0.25) is 0 Å². The summed E-state index contributed by atoms with van der Waals surface area (Å²) in [5.41, 5.74) is 1.06. The molecule has 1 unspecified atom stereocenters. The van der Waals surface area contributed by atoms with Crippen LogP contribution in [0.4, 0.5) is 0 Å². The maximum absolute atomic E-state index is 4.48. The predicted molar refractivity (Wildman–Crippen MR) is 61.6 cm³/mol. The highest BCUT2D eigenvalue weighted by atomic mass is 32.2. The fourth-order valence-electron chi connectivity index (χ4n) is 1.12. The Morgan fingerprint density at radius 3 is 2.57 bits per heavy atom. The molecule has 80 valence electrons. The van der Waals surface area contributed by atoms with Gasteiger partial charge in [0.15, 0.2) is 0 Å². The van der Waals surface area contributed by atoms with E-state index >= 15 is 0 Å². The first-order chi connectivity index (χ1) is 6.45. The molecule has 0 fully saturated rings. The Labute approximate surface area is 90.3 Å². The molecule has 1 aromatic heterocycles. The van der Waals surface area contributed by atoms with E-state index in [-0.39, 0.29) is 5.54 Å². The zero-order valence-corrected chi connectivity index (χ0v) is 10.4. The Balaban J connectivity index is 2.78. The van der Waals surface area contributed by atoms with Crippen molar-refractivity contribution in [1.29, 1.82) is 0 Å². The summed E-state index contributed by atoms with van der Waals surface area (Å²) >= 11 is 1.89. The van der Waals surface area contributed by atoms with Crippen molar-refractivity contribution in [3.8, 4) is 0 Å².